The van der Waals surface area contributed by atoms with Crippen LogP contribution in [0.4, 0.5) is 5.69 Å². The Morgan fingerprint density at radius 3 is 2.56 bits per heavy atom. The van der Waals surface area contributed by atoms with Gasteiger partial charge in [0.15, 0.2) is 0 Å². The van der Waals surface area contributed by atoms with Crippen LogP contribution in [0.3, 0.4) is 0 Å². The fourth-order valence-corrected chi connectivity index (χ4v) is 2.93. The molecule has 1 saturated heterocycles. The largest absolute Gasteiger partial charge is 0.497 e. The molecule has 0 saturated carbocycles. The average molecular weight is 340 g/mol. The van der Waals surface area contributed by atoms with E-state index in [1.165, 1.54) is 5.56 Å². The van der Waals surface area contributed by atoms with Gasteiger partial charge in [0.05, 0.1) is 19.8 Å². The number of carbonyl (C=O) groups excluding carboxylic acids is 1. The molecule has 2 aromatic carbocycles. The van der Waals surface area contributed by atoms with Crippen molar-refractivity contribution in [2.24, 2.45) is 0 Å². The summed E-state index contributed by atoms with van der Waals surface area (Å²) in [6.07, 6.45) is 0.281. The highest BCUT2D eigenvalue weighted by atomic mass is 16.5. The molecule has 3 rings (SSSR count). The normalized spacial score (nSPS) is 17.9. The van der Waals surface area contributed by atoms with Gasteiger partial charge in [-0.1, -0.05) is 12.1 Å². The number of nitrogens with zero attached hydrogens (tertiary/aromatic N) is 1. The lowest BCUT2D eigenvalue weighted by Gasteiger charge is -2.31. The van der Waals surface area contributed by atoms with Crippen molar-refractivity contribution in [1.29, 1.82) is 0 Å². The van der Waals surface area contributed by atoms with Gasteiger partial charge < -0.3 is 14.8 Å². The van der Waals surface area contributed by atoms with Gasteiger partial charge in [-0.3, -0.25) is 9.69 Å². The molecule has 0 unspecified atom stereocenters. The molecule has 5 heteroatoms. The SMILES string of the molecule is COc1ccc(NC(=O)c2ccc(CN3CCO[C@@H](C)C3)cc2)cc1. The third kappa shape index (κ3) is 4.81. The number of methoxy groups -OCH3 is 1. The molecule has 132 valence electrons. The first-order valence-electron chi connectivity index (χ1n) is 8.52. The van der Waals surface area contributed by atoms with E-state index in [0.717, 1.165) is 37.7 Å². The topological polar surface area (TPSA) is 50.8 Å². The van der Waals surface area contributed by atoms with Crippen LogP contribution in [0.5, 0.6) is 5.75 Å². The Morgan fingerprint density at radius 1 is 1.20 bits per heavy atom. The van der Waals surface area contributed by atoms with Crippen molar-refractivity contribution in [3.8, 4) is 5.75 Å². The third-order valence-corrected chi connectivity index (χ3v) is 4.30. The summed E-state index contributed by atoms with van der Waals surface area (Å²) in [5.74, 6) is 0.650. The van der Waals surface area contributed by atoms with E-state index in [1.54, 1.807) is 7.11 Å². The first-order valence-corrected chi connectivity index (χ1v) is 8.52. The first-order chi connectivity index (χ1) is 12.1. The fraction of sp³-hybridized carbons (Fsp3) is 0.350. The smallest absolute Gasteiger partial charge is 0.255 e. The zero-order valence-electron chi connectivity index (χ0n) is 14.7. The molecule has 0 radical (unpaired) electrons. The van der Waals surface area contributed by atoms with Crippen molar-refractivity contribution < 1.29 is 14.3 Å². The number of amides is 1. The molecule has 0 aliphatic carbocycles. The van der Waals surface area contributed by atoms with Crippen LogP contribution in [0.2, 0.25) is 0 Å². The van der Waals surface area contributed by atoms with Crippen molar-refractivity contribution in [2.45, 2.75) is 19.6 Å². The molecule has 1 heterocycles. The molecule has 0 bridgehead atoms. The summed E-state index contributed by atoms with van der Waals surface area (Å²) in [5, 5.41) is 2.89. The Bertz CT molecular complexity index is 698. The molecule has 1 aliphatic rings. The number of ether oxygens (including phenoxy) is 2. The maximum atomic E-state index is 12.3. The highest BCUT2D eigenvalue weighted by molar-refractivity contribution is 6.04. The molecular formula is C20H24N2O3. The number of morpholine rings is 1. The van der Waals surface area contributed by atoms with Crippen molar-refractivity contribution in [1.82, 2.24) is 4.90 Å². The molecular weight excluding hydrogens is 316 g/mol. The van der Waals surface area contributed by atoms with Gasteiger partial charge in [0.1, 0.15) is 5.75 Å². The monoisotopic (exact) mass is 340 g/mol. The van der Waals surface area contributed by atoms with Gasteiger partial charge in [-0.15, -0.1) is 0 Å². The Morgan fingerprint density at radius 2 is 1.92 bits per heavy atom. The van der Waals surface area contributed by atoms with E-state index in [4.69, 9.17) is 9.47 Å². The number of hydrogen-bond acceptors (Lipinski definition) is 4. The summed E-state index contributed by atoms with van der Waals surface area (Å²) < 4.78 is 10.7. The van der Waals surface area contributed by atoms with Crippen LogP contribution >= 0.6 is 0 Å². The van der Waals surface area contributed by atoms with Gasteiger partial charge >= 0.3 is 0 Å². The minimum Gasteiger partial charge on any atom is -0.497 e. The molecule has 25 heavy (non-hydrogen) atoms. The average Bonchev–Trinajstić information content (AvgIpc) is 2.63. The van der Waals surface area contributed by atoms with Crippen LogP contribution in [0.1, 0.15) is 22.8 Å². The molecule has 0 spiro atoms. The Labute approximate surface area is 148 Å². The Hall–Kier alpha value is -2.37. The Kier molecular flexibility index (Phi) is 5.68. The van der Waals surface area contributed by atoms with Crippen molar-refractivity contribution in [2.75, 3.05) is 32.1 Å². The summed E-state index contributed by atoms with van der Waals surface area (Å²) in [4.78, 5) is 14.7. The Balaban J connectivity index is 1.58. The van der Waals surface area contributed by atoms with Crippen molar-refractivity contribution in [3.63, 3.8) is 0 Å². The summed E-state index contributed by atoms with van der Waals surface area (Å²) in [7, 11) is 1.62. The van der Waals surface area contributed by atoms with Gasteiger partial charge in [-0.05, 0) is 48.9 Å². The van der Waals surface area contributed by atoms with Crippen LogP contribution in [0.25, 0.3) is 0 Å². The lowest BCUT2D eigenvalue weighted by atomic mass is 10.1. The standard InChI is InChI=1S/C20H24N2O3/c1-15-13-22(11-12-25-15)14-16-3-5-17(6-4-16)20(23)21-18-7-9-19(24-2)10-8-18/h3-10,15H,11-14H2,1-2H3,(H,21,23)/t15-/m0/s1. The van der Waals surface area contributed by atoms with E-state index in [2.05, 4.69) is 17.1 Å². The molecule has 1 N–H and O–H groups in total. The van der Waals surface area contributed by atoms with Crippen LogP contribution in [-0.4, -0.2) is 43.7 Å². The predicted molar refractivity (Wildman–Crippen MR) is 98.1 cm³/mol. The number of carbonyl (C=O) groups is 1. The lowest BCUT2D eigenvalue weighted by molar-refractivity contribution is -0.0212. The van der Waals surface area contributed by atoms with E-state index in [-0.39, 0.29) is 12.0 Å². The molecule has 5 nitrogen and oxygen atoms in total. The van der Waals surface area contributed by atoms with Crippen molar-refractivity contribution in [3.05, 3.63) is 59.7 Å². The van der Waals surface area contributed by atoms with E-state index >= 15 is 0 Å². The van der Waals surface area contributed by atoms with E-state index < -0.39 is 0 Å². The second-order valence-corrected chi connectivity index (χ2v) is 6.30. The summed E-state index contributed by atoms with van der Waals surface area (Å²) in [6, 6.07) is 15.1. The number of rotatable bonds is 5. The molecule has 1 atom stereocenters. The van der Waals surface area contributed by atoms with E-state index in [1.807, 2.05) is 48.5 Å². The van der Waals surface area contributed by atoms with Gasteiger partial charge in [-0.25, -0.2) is 0 Å². The van der Waals surface area contributed by atoms with Crippen LogP contribution in [0, 0.1) is 0 Å². The number of nitrogens with one attached hydrogen (secondary N) is 1. The number of anilines is 1. The van der Waals surface area contributed by atoms with Crippen LogP contribution < -0.4 is 10.1 Å². The maximum Gasteiger partial charge on any atom is 0.255 e. The third-order valence-electron chi connectivity index (χ3n) is 4.30. The zero-order valence-corrected chi connectivity index (χ0v) is 14.7. The number of benzene rings is 2. The highest BCUT2D eigenvalue weighted by Crippen LogP contribution is 2.17. The molecule has 1 amide bonds. The summed E-state index contributed by atoms with van der Waals surface area (Å²) >= 11 is 0. The minimum absolute atomic E-state index is 0.114. The fourth-order valence-electron chi connectivity index (χ4n) is 2.93. The lowest BCUT2D eigenvalue weighted by Crippen LogP contribution is -2.40. The first kappa shape index (κ1) is 17.5. The van der Waals surface area contributed by atoms with Gasteiger partial charge in [0.2, 0.25) is 0 Å². The van der Waals surface area contributed by atoms with Crippen molar-refractivity contribution >= 4 is 11.6 Å². The second kappa shape index (κ2) is 8.14. The maximum absolute atomic E-state index is 12.3. The summed E-state index contributed by atoms with van der Waals surface area (Å²) in [5.41, 5.74) is 2.60. The summed E-state index contributed by atoms with van der Waals surface area (Å²) in [6.45, 7) is 5.65. The van der Waals surface area contributed by atoms with Crippen LogP contribution in [-0.2, 0) is 11.3 Å². The van der Waals surface area contributed by atoms with Gasteiger partial charge in [-0.2, -0.15) is 0 Å². The quantitative estimate of drug-likeness (QED) is 0.908. The highest BCUT2D eigenvalue weighted by Gasteiger charge is 2.16. The minimum atomic E-state index is -0.114. The molecule has 1 aliphatic heterocycles. The molecule has 0 aromatic heterocycles. The van der Waals surface area contributed by atoms with E-state index in [9.17, 15) is 4.79 Å². The molecule has 1 fully saturated rings. The second-order valence-electron chi connectivity index (χ2n) is 6.30. The van der Waals surface area contributed by atoms with E-state index in [0.29, 0.717) is 5.56 Å². The molecule has 2 aromatic rings. The zero-order chi connectivity index (χ0) is 17.6. The van der Waals surface area contributed by atoms with Gasteiger partial charge in [0.25, 0.3) is 5.91 Å². The van der Waals surface area contributed by atoms with Gasteiger partial charge in [0, 0.05) is 30.9 Å². The van der Waals surface area contributed by atoms with Crippen LogP contribution in [0.15, 0.2) is 48.5 Å². The number of hydrogen-bond donors (Lipinski definition) is 1. The predicted octanol–water partition coefficient (Wildman–Crippen LogP) is 3.17.